The summed E-state index contributed by atoms with van der Waals surface area (Å²) in [5.41, 5.74) is 3.98. The van der Waals surface area contributed by atoms with Crippen LogP contribution in [0.4, 0.5) is 5.95 Å². The molecule has 0 radical (unpaired) electrons. The zero-order valence-corrected chi connectivity index (χ0v) is 17.6. The van der Waals surface area contributed by atoms with Crippen LogP contribution in [-0.4, -0.2) is 34.9 Å². The standard InChI is InChI=1S/C24H27N3O3/c1-24(2)15-16-7-4-5-8-19(16)21-20(24)22(29)27(23(26-21)25-13-6-14-28)17-9-11-18(30-3)12-10-17/h4-5,7-12,28H,6,13-15H2,1-3H3,(H,25,26). The van der Waals surface area contributed by atoms with Gasteiger partial charge >= 0.3 is 0 Å². The highest BCUT2D eigenvalue weighted by Gasteiger charge is 2.36. The lowest BCUT2D eigenvalue weighted by atomic mass is 9.72. The summed E-state index contributed by atoms with van der Waals surface area (Å²) in [5, 5.41) is 12.4. The number of ether oxygens (including phenoxy) is 1. The van der Waals surface area contributed by atoms with Crippen molar-refractivity contribution in [2.45, 2.75) is 32.1 Å². The molecule has 0 fully saturated rings. The molecule has 1 aromatic heterocycles. The van der Waals surface area contributed by atoms with Crippen LogP contribution in [0.1, 0.15) is 31.4 Å². The number of aromatic nitrogens is 2. The van der Waals surface area contributed by atoms with E-state index in [0.29, 0.717) is 18.9 Å². The van der Waals surface area contributed by atoms with E-state index in [1.54, 1.807) is 11.7 Å². The monoisotopic (exact) mass is 405 g/mol. The van der Waals surface area contributed by atoms with Crippen molar-refractivity contribution < 1.29 is 9.84 Å². The average Bonchev–Trinajstić information content (AvgIpc) is 2.73. The van der Waals surface area contributed by atoms with Gasteiger partial charge in [0.15, 0.2) is 0 Å². The zero-order chi connectivity index (χ0) is 21.3. The highest BCUT2D eigenvalue weighted by atomic mass is 16.5. The summed E-state index contributed by atoms with van der Waals surface area (Å²) in [6.45, 7) is 4.79. The van der Waals surface area contributed by atoms with Gasteiger partial charge in [-0.15, -0.1) is 0 Å². The highest BCUT2D eigenvalue weighted by Crippen LogP contribution is 2.41. The van der Waals surface area contributed by atoms with E-state index in [-0.39, 0.29) is 17.6 Å². The van der Waals surface area contributed by atoms with Crippen LogP contribution in [0.3, 0.4) is 0 Å². The van der Waals surface area contributed by atoms with E-state index in [4.69, 9.17) is 9.72 Å². The lowest BCUT2D eigenvalue weighted by molar-refractivity contribution is 0.292. The summed E-state index contributed by atoms with van der Waals surface area (Å²) in [7, 11) is 1.61. The number of fused-ring (bicyclic) bond motifs is 3. The van der Waals surface area contributed by atoms with Crippen molar-refractivity contribution in [2.75, 3.05) is 25.6 Å². The smallest absolute Gasteiger partial charge is 0.263 e. The van der Waals surface area contributed by atoms with Crippen molar-refractivity contribution in [3.63, 3.8) is 0 Å². The van der Waals surface area contributed by atoms with Gasteiger partial charge in [0.25, 0.3) is 5.56 Å². The third-order valence-corrected chi connectivity index (χ3v) is 5.61. The fourth-order valence-corrected chi connectivity index (χ4v) is 4.16. The Labute approximate surface area is 176 Å². The number of nitrogens with zero attached hydrogens (tertiary/aromatic N) is 2. The fourth-order valence-electron chi connectivity index (χ4n) is 4.16. The number of anilines is 1. The molecule has 1 heterocycles. The Morgan fingerprint density at radius 2 is 1.90 bits per heavy atom. The molecule has 6 heteroatoms. The predicted octanol–water partition coefficient (Wildman–Crippen LogP) is 3.54. The van der Waals surface area contributed by atoms with Crippen LogP contribution in [0.2, 0.25) is 0 Å². The summed E-state index contributed by atoms with van der Waals surface area (Å²) in [4.78, 5) is 18.8. The van der Waals surface area contributed by atoms with Crippen LogP contribution in [0.5, 0.6) is 5.75 Å². The third kappa shape index (κ3) is 3.48. The first-order valence-corrected chi connectivity index (χ1v) is 10.2. The van der Waals surface area contributed by atoms with Crippen LogP contribution in [0.15, 0.2) is 53.3 Å². The van der Waals surface area contributed by atoms with Crippen LogP contribution in [0, 0.1) is 0 Å². The molecule has 1 aliphatic carbocycles. The van der Waals surface area contributed by atoms with Gasteiger partial charge in [-0.2, -0.15) is 0 Å². The SMILES string of the molecule is COc1ccc(-n2c(NCCCO)nc3c(c2=O)C(C)(C)Cc2ccccc2-3)cc1. The van der Waals surface area contributed by atoms with Crippen LogP contribution >= 0.6 is 0 Å². The average molecular weight is 405 g/mol. The molecule has 0 amide bonds. The second kappa shape index (κ2) is 7.95. The number of benzene rings is 2. The van der Waals surface area contributed by atoms with Gasteiger partial charge in [-0.1, -0.05) is 38.1 Å². The molecule has 2 aromatic carbocycles. The molecule has 30 heavy (non-hydrogen) atoms. The van der Waals surface area contributed by atoms with Gasteiger partial charge in [0, 0.05) is 24.1 Å². The molecular weight excluding hydrogens is 378 g/mol. The van der Waals surface area contributed by atoms with Gasteiger partial charge in [0.2, 0.25) is 5.95 Å². The molecule has 0 saturated heterocycles. The molecule has 156 valence electrons. The van der Waals surface area contributed by atoms with Gasteiger partial charge in [0.05, 0.1) is 24.1 Å². The van der Waals surface area contributed by atoms with E-state index in [9.17, 15) is 9.90 Å². The highest BCUT2D eigenvalue weighted by molar-refractivity contribution is 5.72. The lowest BCUT2D eigenvalue weighted by Gasteiger charge is -2.33. The summed E-state index contributed by atoms with van der Waals surface area (Å²) in [6, 6.07) is 15.5. The Morgan fingerprint density at radius 3 is 2.60 bits per heavy atom. The molecule has 0 saturated carbocycles. The van der Waals surface area contributed by atoms with Gasteiger partial charge in [-0.25, -0.2) is 9.55 Å². The van der Waals surface area contributed by atoms with Crippen molar-refractivity contribution in [3.05, 3.63) is 70.0 Å². The van der Waals surface area contributed by atoms with E-state index in [0.717, 1.165) is 34.7 Å². The van der Waals surface area contributed by atoms with Gasteiger partial charge in [-0.3, -0.25) is 4.79 Å². The molecule has 6 nitrogen and oxygen atoms in total. The molecule has 3 aromatic rings. The Kier molecular flexibility index (Phi) is 5.35. The zero-order valence-electron chi connectivity index (χ0n) is 17.6. The fraction of sp³-hybridized carbons (Fsp3) is 0.333. The van der Waals surface area contributed by atoms with Crippen LogP contribution in [0.25, 0.3) is 16.9 Å². The maximum absolute atomic E-state index is 13.8. The van der Waals surface area contributed by atoms with Crippen molar-refractivity contribution in [1.82, 2.24) is 9.55 Å². The molecule has 1 aliphatic rings. The first-order valence-electron chi connectivity index (χ1n) is 10.2. The number of methoxy groups -OCH3 is 1. The largest absolute Gasteiger partial charge is 0.497 e. The Balaban J connectivity index is 1.97. The molecule has 0 bridgehead atoms. The molecule has 0 aliphatic heterocycles. The number of hydrogen-bond acceptors (Lipinski definition) is 5. The lowest BCUT2D eigenvalue weighted by Crippen LogP contribution is -2.38. The summed E-state index contributed by atoms with van der Waals surface area (Å²) in [5.74, 6) is 1.20. The van der Waals surface area contributed by atoms with Gasteiger partial charge in [0.1, 0.15) is 5.75 Å². The normalized spacial score (nSPS) is 14.0. The second-order valence-electron chi connectivity index (χ2n) is 8.22. The number of nitrogens with one attached hydrogen (secondary N) is 1. The number of aliphatic hydroxyl groups excluding tert-OH is 1. The maximum Gasteiger partial charge on any atom is 0.263 e. The van der Waals surface area contributed by atoms with Crippen molar-refractivity contribution in [1.29, 1.82) is 0 Å². The van der Waals surface area contributed by atoms with E-state index < -0.39 is 0 Å². The summed E-state index contributed by atoms with van der Waals surface area (Å²) < 4.78 is 6.89. The van der Waals surface area contributed by atoms with E-state index >= 15 is 0 Å². The number of aliphatic hydroxyl groups is 1. The Bertz CT molecular complexity index is 1120. The molecule has 0 unspecified atom stereocenters. The number of rotatable bonds is 6. The molecule has 0 atom stereocenters. The topological polar surface area (TPSA) is 76.4 Å². The van der Waals surface area contributed by atoms with E-state index in [1.165, 1.54) is 5.56 Å². The molecular formula is C24H27N3O3. The van der Waals surface area contributed by atoms with Gasteiger partial charge < -0.3 is 15.2 Å². The first-order chi connectivity index (χ1) is 14.5. The Hall–Kier alpha value is -3.12. The molecule has 2 N–H and O–H groups in total. The minimum Gasteiger partial charge on any atom is -0.497 e. The second-order valence-corrected chi connectivity index (χ2v) is 8.22. The van der Waals surface area contributed by atoms with Crippen molar-refractivity contribution in [2.24, 2.45) is 0 Å². The maximum atomic E-state index is 13.8. The van der Waals surface area contributed by atoms with Gasteiger partial charge in [-0.05, 0) is 42.7 Å². The third-order valence-electron chi connectivity index (χ3n) is 5.61. The number of hydrogen-bond donors (Lipinski definition) is 2. The van der Waals surface area contributed by atoms with Crippen LogP contribution < -0.4 is 15.6 Å². The molecule has 4 rings (SSSR count). The minimum absolute atomic E-state index is 0.0700. The van der Waals surface area contributed by atoms with Crippen LogP contribution in [-0.2, 0) is 11.8 Å². The predicted molar refractivity (Wildman–Crippen MR) is 119 cm³/mol. The van der Waals surface area contributed by atoms with E-state index in [1.807, 2.05) is 42.5 Å². The quantitative estimate of drug-likeness (QED) is 0.614. The summed E-state index contributed by atoms with van der Waals surface area (Å²) in [6.07, 6.45) is 1.35. The van der Waals surface area contributed by atoms with E-state index in [2.05, 4.69) is 25.2 Å². The van der Waals surface area contributed by atoms with Crippen molar-refractivity contribution in [3.8, 4) is 22.7 Å². The molecule has 0 spiro atoms. The van der Waals surface area contributed by atoms with Crippen molar-refractivity contribution >= 4 is 5.95 Å². The Morgan fingerprint density at radius 1 is 1.17 bits per heavy atom. The minimum atomic E-state index is -0.342. The first kappa shape index (κ1) is 20.2. The summed E-state index contributed by atoms with van der Waals surface area (Å²) >= 11 is 0.